The molecule has 3 unspecified atom stereocenters. The van der Waals surface area contributed by atoms with Gasteiger partial charge in [-0.2, -0.15) is 0 Å². The summed E-state index contributed by atoms with van der Waals surface area (Å²) in [7, 11) is 0. The molecule has 146 valence electrons. The molecule has 3 atom stereocenters. The third-order valence-corrected chi connectivity index (χ3v) is 5.04. The molecule has 0 aliphatic carbocycles. The van der Waals surface area contributed by atoms with Gasteiger partial charge in [0.25, 0.3) is 0 Å². The Morgan fingerprint density at radius 2 is 2.00 bits per heavy atom. The minimum atomic E-state index is -0.653. The number of benzene rings is 2. The van der Waals surface area contributed by atoms with Gasteiger partial charge in [0, 0.05) is 18.1 Å². The van der Waals surface area contributed by atoms with Gasteiger partial charge in [-0.05, 0) is 29.8 Å². The predicted octanol–water partition coefficient (Wildman–Crippen LogP) is 1.74. The highest BCUT2D eigenvalue weighted by Crippen LogP contribution is 2.25. The lowest BCUT2D eigenvalue weighted by atomic mass is 9.99. The van der Waals surface area contributed by atoms with Crippen LogP contribution in [0.3, 0.4) is 0 Å². The lowest BCUT2D eigenvalue weighted by Gasteiger charge is -2.43. The van der Waals surface area contributed by atoms with Crippen LogP contribution in [0.4, 0.5) is 14.9 Å². The third kappa shape index (κ3) is 3.72. The molecule has 28 heavy (non-hydrogen) atoms. The minimum Gasteiger partial charge on any atom is -0.321 e. The van der Waals surface area contributed by atoms with Gasteiger partial charge >= 0.3 is 6.03 Å². The summed E-state index contributed by atoms with van der Waals surface area (Å²) in [5, 5.41) is 13.0. The number of fused-ring (bicyclic) bond motifs is 1. The van der Waals surface area contributed by atoms with Crippen molar-refractivity contribution in [1.82, 2.24) is 21.3 Å². The Labute approximate surface area is 166 Å². The van der Waals surface area contributed by atoms with Gasteiger partial charge in [0.1, 0.15) is 12.1 Å². The predicted molar refractivity (Wildman–Crippen MR) is 103 cm³/mol. The summed E-state index contributed by atoms with van der Waals surface area (Å²) in [4.78, 5) is 26.2. The van der Waals surface area contributed by atoms with E-state index in [0.717, 1.165) is 10.5 Å². The van der Waals surface area contributed by atoms with Crippen molar-refractivity contribution in [1.29, 1.82) is 0 Å². The third-order valence-electron chi connectivity index (χ3n) is 4.80. The number of anilines is 1. The summed E-state index contributed by atoms with van der Waals surface area (Å²) >= 11 is 5.99. The number of hydrogen-bond acceptors (Lipinski definition) is 5. The van der Waals surface area contributed by atoms with E-state index in [4.69, 9.17) is 11.6 Å². The maximum atomic E-state index is 14.1. The molecule has 0 spiro atoms. The number of carbonyl (C=O) groups excluding carboxylic acids is 2. The average molecular weight is 404 g/mol. The molecular weight excluding hydrogens is 385 g/mol. The topological polar surface area (TPSA) is 85.5 Å². The Balaban J connectivity index is 1.42. The molecule has 2 saturated heterocycles. The van der Waals surface area contributed by atoms with E-state index in [1.165, 1.54) is 18.2 Å². The Bertz CT molecular complexity index is 911. The summed E-state index contributed by atoms with van der Waals surface area (Å²) in [5.41, 5.74) is 0.956. The molecule has 2 aromatic rings. The summed E-state index contributed by atoms with van der Waals surface area (Å²) in [6.07, 6.45) is -0.866. The summed E-state index contributed by atoms with van der Waals surface area (Å²) in [6.45, 7) is 0.876. The van der Waals surface area contributed by atoms with Gasteiger partial charge in [0.15, 0.2) is 0 Å². The van der Waals surface area contributed by atoms with E-state index < -0.39 is 29.8 Å². The average Bonchev–Trinajstić information content (AvgIpc) is 2.67. The molecule has 0 aromatic heterocycles. The molecule has 0 radical (unpaired) electrons. The quantitative estimate of drug-likeness (QED) is 0.625. The van der Waals surface area contributed by atoms with Crippen LogP contribution < -0.4 is 26.2 Å². The Hall–Kier alpha value is -2.52. The first-order valence-electron chi connectivity index (χ1n) is 8.89. The number of halogens is 2. The molecule has 7 nitrogen and oxygen atoms in total. The first-order valence-corrected chi connectivity index (χ1v) is 9.27. The minimum absolute atomic E-state index is 0.0512. The molecule has 4 rings (SSSR count). The van der Waals surface area contributed by atoms with Gasteiger partial charge < -0.3 is 5.32 Å². The maximum Gasteiger partial charge on any atom is 0.330 e. The van der Waals surface area contributed by atoms with Crippen molar-refractivity contribution in [3.63, 3.8) is 0 Å². The largest absolute Gasteiger partial charge is 0.330 e. The molecule has 3 amide bonds. The van der Waals surface area contributed by atoms with E-state index in [1.807, 2.05) is 18.2 Å². The summed E-state index contributed by atoms with van der Waals surface area (Å²) in [6, 6.07) is 12.5. The Kier molecular flexibility index (Phi) is 5.27. The van der Waals surface area contributed by atoms with Crippen molar-refractivity contribution in [2.45, 2.75) is 19.0 Å². The van der Waals surface area contributed by atoms with Crippen molar-refractivity contribution in [2.24, 2.45) is 5.92 Å². The van der Waals surface area contributed by atoms with Crippen LogP contribution in [0.15, 0.2) is 48.5 Å². The number of carbonyl (C=O) groups is 2. The maximum absolute atomic E-state index is 14.1. The second-order valence-electron chi connectivity index (χ2n) is 6.68. The zero-order valence-electron chi connectivity index (χ0n) is 14.8. The first kappa shape index (κ1) is 18.8. The molecular formula is C19H19ClFN5O2. The van der Waals surface area contributed by atoms with E-state index >= 15 is 0 Å². The van der Waals surface area contributed by atoms with Crippen molar-refractivity contribution in [2.75, 3.05) is 11.4 Å². The fraction of sp³-hybridized carbons (Fsp3) is 0.263. The molecule has 2 aromatic carbocycles. The van der Waals surface area contributed by atoms with E-state index in [9.17, 15) is 14.0 Å². The van der Waals surface area contributed by atoms with Crippen molar-refractivity contribution < 1.29 is 14.0 Å². The van der Waals surface area contributed by atoms with Crippen molar-refractivity contribution >= 4 is 29.2 Å². The number of amides is 3. The number of urea groups is 1. The fourth-order valence-corrected chi connectivity index (χ4v) is 3.62. The van der Waals surface area contributed by atoms with Crippen LogP contribution in [-0.4, -0.2) is 30.9 Å². The van der Waals surface area contributed by atoms with Crippen LogP contribution in [-0.2, 0) is 11.3 Å². The van der Waals surface area contributed by atoms with Crippen LogP contribution in [0.25, 0.3) is 0 Å². The van der Waals surface area contributed by atoms with Crippen LogP contribution in [0.5, 0.6) is 0 Å². The van der Waals surface area contributed by atoms with Crippen LogP contribution in [0.2, 0.25) is 5.02 Å². The smallest absolute Gasteiger partial charge is 0.321 e. The number of nitrogens with zero attached hydrogens (tertiary/aromatic N) is 1. The second kappa shape index (κ2) is 7.84. The molecule has 2 heterocycles. The Morgan fingerprint density at radius 3 is 2.79 bits per heavy atom. The lowest BCUT2D eigenvalue weighted by molar-refractivity contribution is -0.124. The number of rotatable bonds is 4. The zero-order chi connectivity index (χ0) is 19.7. The van der Waals surface area contributed by atoms with Gasteiger partial charge in [-0.15, -0.1) is 0 Å². The van der Waals surface area contributed by atoms with Crippen molar-refractivity contribution in [3.05, 3.63) is 64.9 Å². The molecule has 0 bridgehead atoms. The number of nitrogens with one attached hydrogen (secondary N) is 4. The number of para-hydroxylation sites is 1. The summed E-state index contributed by atoms with van der Waals surface area (Å²) in [5.74, 6) is -1.63. The lowest BCUT2D eigenvalue weighted by Crippen LogP contribution is -2.74. The zero-order valence-corrected chi connectivity index (χ0v) is 15.5. The van der Waals surface area contributed by atoms with Gasteiger partial charge in [0.2, 0.25) is 5.91 Å². The summed E-state index contributed by atoms with van der Waals surface area (Å²) < 4.78 is 14.1. The fourth-order valence-electron chi connectivity index (χ4n) is 3.41. The first-order chi connectivity index (χ1) is 13.5. The van der Waals surface area contributed by atoms with E-state index in [2.05, 4.69) is 21.3 Å². The van der Waals surface area contributed by atoms with Crippen LogP contribution in [0, 0.1) is 11.7 Å². The highest BCUT2D eigenvalue weighted by Gasteiger charge is 2.45. The molecule has 9 heteroatoms. The van der Waals surface area contributed by atoms with E-state index in [-0.39, 0.29) is 12.0 Å². The molecule has 2 aliphatic rings. The second-order valence-corrected chi connectivity index (χ2v) is 7.11. The number of hydrogen-bond donors (Lipinski definition) is 4. The standard InChI is InChI=1S/C19H19ClFN5O2/c20-12-5-3-4-11(8-12)9-22-18-23-10-13-16(24-18)25-19(28)26(17(13)27)15-7-2-1-6-14(15)21/h1-8,13,16,18,22-24H,9-10H2,(H,25,28). The monoisotopic (exact) mass is 403 g/mol. The van der Waals surface area contributed by atoms with E-state index in [1.54, 1.807) is 12.1 Å². The van der Waals surface area contributed by atoms with Crippen LogP contribution in [0.1, 0.15) is 5.56 Å². The van der Waals surface area contributed by atoms with Crippen molar-refractivity contribution in [3.8, 4) is 0 Å². The molecule has 0 saturated carbocycles. The number of imide groups is 1. The molecule has 4 N–H and O–H groups in total. The van der Waals surface area contributed by atoms with Gasteiger partial charge in [-0.25, -0.2) is 14.1 Å². The van der Waals surface area contributed by atoms with Gasteiger partial charge in [-0.1, -0.05) is 35.9 Å². The van der Waals surface area contributed by atoms with E-state index in [0.29, 0.717) is 18.1 Å². The highest BCUT2D eigenvalue weighted by molar-refractivity contribution is 6.30. The van der Waals surface area contributed by atoms with Gasteiger partial charge in [-0.3, -0.25) is 20.7 Å². The normalized spacial score (nSPS) is 24.6. The SMILES string of the molecule is O=C1NC2NC(NCc3cccc(Cl)c3)NCC2C(=O)N1c1ccccc1F. The highest BCUT2D eigenvalue weighted by atomic mass is 35.5. The Morgan fingerprint density at radius 1 is 1.18 bits per heavy atom. The van der Waals surface area contributed by atoms with Crippen LogP contribution >= 0.6 is 11.6 Å². The molecule has 2 fully saturated rings. The molecule has 2 aliphatic heterocycles. The van der Waals surface area contributed by atoms with Gasteiger partial charge in [0.05, 0.1) is 17.8 Å².